The Labute approximate surface area is 155 Å². The average Bonchev–Trinajstić information content (AvgIpc) is 3.22. The highest BCUT2D eigenvalue weighted by atomic mass is 32.2. The molecule has 0 saturated carbocycles. The number of hydrogen-bond donors (Lipinski definition) is 0. The van der Waals surface area contributed by atoms with Gasteiger partial charge in [-0.1, -0.05) is 12.1 Å². The quantitative estimate of drug-likeness (QED) is 0.648. The molecule has 3 aromatic rings. The number of imidazole rings is 1. The first-order chi connectivity index (χ1) is 12.4. The van der Waals surface area contributed by atoms with Gasteiger partial charge in [0, 0.05) is 41.7 Å². The van der Waals surface area contributed by atoms with E-state index in [0.717, 1.165) is 36.7 Å². The van der Waals surface area contributed by atoms with Crippen LogP contribution >= 0.6 is 23.1 Å². The number of rotatable bonds is 2. The number of halogens is 3. The Kier molecular flexibility index (Phi) is 4.44. The van der Waals surface area contributed by atoms with E-state index in [9.17, 15) is 18.0 Å². The summed E-state index contributed by atoms with van der Waals surface area (Å²) in [7, 11) is 0. The third kappa shape index (κ3) is 3.21. The first-order valence-electron chi connectivity index (χ1n) is 7.95. The molecule has 0 aliphatic carbocycles. The van der Waals surface area contributed by atoms with Crippen LogP contribution in [0.5, 0.6) is 0 Å². The van der Waals surface area contributed by atoms with Crippen LogP contribution in [0, 0.1) is 0 Å². The first kappa shape index (κ1) is 17.4. The zero-order valence-electron chi connectivity index (χ0n) is 13.5. The van der Waals surface area contributed by atoms with Crippen molar-refractivity contribution in [3.05, 3.63) is 47.1 Å². The maximum absolute atomic E-state index is 12.7. The van der Waals surface area contributed by atoms with Crippen molar-refractivity contribution >= 4 is 34.0 Å². The normalized spacial score (nSPS) is 15.6. The van der Waals surface area contributed by atoms with Gasteiger partial charge in [0.25, 0.3) is 5.91 Å². The lowest BCUT2D eigenvalue weighted by molar-refractivity contribution is -0.137. The Morgan fingerprint density at radius 1 is 1.12 bits per heavy atom. The minimum atomic E-state index is -4.36. The zero-order valence-corrected chi connectivity index (χ0v) is 15.1. The number of benzene rings is 1. The van der Waals surface area contributed by atoms with Gasteiger partial charge in [-0.25, -0.2) is 4.98 Å². The monoisotopic (exact) mass is 397 g/mol. The minimum Gasteiger partial charge on any atom is -0.336 e. The predicted octanol–water partition coefficient (Wildman–Crippen LogP) is 4.27. The van der Waals surface area contributed by atoms with Gasteiger partial charge in [-0.05, 0) is 12.1 Å². The predicted molar refractivity (Wildman–Crippen MR) is 96.7 cm³/mol. The Morgan fingerprint density at radius 3 is 2.46 bits per heavy atom. The molecule has 1 saturated heterocycles. The van der Waals surface area contributed by atoms with Crippen molar-refractivity contribution < 1.29 is 18.0 Å². The molecule has 1 aromatic carbocycles. The van der Waals surface area contributed by atoms with Crippen LogP contribution in [0.4, 0.5) is 13.2 Å². The Morgan fingerprint density at radius 2 is 1.81 bits per heavy atom. The number of amides is 1. The highest BCUT2D eigenvalue weighted by Gasteiger charge is 2.30. The fraction of sp³-hybridized carbons (Fsp3) is 0.294. The van der Waals surface area contributed by atoms with Crippen LogP contribution in [0.25, 0.3) is 16.2 Å². The number of thiazole rings is 1. The summed E-state index contributed by atoms with van der Waals surface area (Å²) in [5.74, 6) is 1.83. The van der Waals surface area contributed by atoms with Gasteiger partial charge in [-0.2, -0.15) is 24.9 Å². The first-order valence-corrected chi connectivity index (χ1v) is 9.98. The number of carbonyl (C=O) groups excluding carboxylic acids is 1. The molecular formula is C17H14F3N3OS2. The van der Waals surface area contributed by atoms with Crippen molar-refractivity contribution in [1.29, 1.82) is 0 Å². The summed E-state index contributed by atoms with van der Waals surface area (Å²) in [6, 6.07) is 4.89. The van der Waals surface area contributed by atoms with E-state index in [4.69, 9.17) is 0 Å². The molecule has 4 nitrogen and oxygen atoms in total. The second-order valence-corrected chi connectivity index (χ2v) is 7.94. The second-order valence-electron chi connectivity index (χ2n) is 5.88. The summed E-state index contributed by atoms with van der Waals surface area (Å²) >= 11 is 3.18. The molecule has 1 aliphatic rings. The Hall–Kier alpha value is -2.00. The Bertz CT molecular complexity index is 940. The molecule has 1 amide bonds. The Balaban J connectivity index is 1.64. The van der Waals surface area contributed by atoms with Crippen LogP contribution in [0.15, 0.2) is 35.8 Å². The van der Waals surface area contributed by atoms with Crippen molar-refractivity contribution in [3.63, 3.8) is 0 Å². The molecular weight excluding hydrogens is 383 g/mol. The van der Waals surface area contributed by atoms with E-state index in [2.05, 4.69) is 4.98 Å². The molecule has 0 unspecified atom stereocenters. The van der Waals surface area contributed by atoms with Crippen LogP contribution in [0.1, 0.15) is 16.1 Å². The van der Waals surface area contributed by atoms with Gasteiger partial charge in [-0.15, -0.1) is 11.3 Å². The van der Waals surface area contributed by atoms with E-state index >= 15 is 0 Å². The molecule has 3 heterocycles. The van der Waals surface area contributed by atoms with E-state index < -0.39 is 11.7 Å². The summed E-state index contributed by atoms with van der Waals surface area (Å²) in [5.41, 5.74) is 0.985. The van der Waals surface area contributed by atoms with Crippen LogP contribution in [0.3, 0.4) is 0 Å². The summed E-state index contributed by atoms with van der Waals surface area (Å²) in [6.07, 6.45) is -2.65. The van der Waals surface area contributed by atoms with Crippen LogP contribution in [-0.2, 0) is 6.18 Å². The van der Waals surface area contributed by atoms with E-state index in [0.29, 0.717) is 21.9 Å². The van der Waals surface area contributed by atoms with E-state index in [1.54, 1.807) is 16.0 Å². The van der Waals surface area contributed by atoms with E-state index in [1.807, 2.05) is 16.7 Å². The van der Waals surface area contributed by atoms with Gasteiger partial charge in [0.2, 0.25) is 0 Å². The van der Waals surface area contributed by atoms with Crippen molar-refractivity contribution in [3.8, 4) is 11.3 Å². The van der Waals surface area contributed by atoms with Gasteiger partial charge >= 0.3 is 6.18 Å². The number of thioether (sulfide) groups is 1. The number of alkyl halides is 3. The van der Waals surface area contributed by atoms with Crippen molar-refractivity contribution in [2.45, 2.75) is 6.18 Å². The topological polar surface area (TPSA) is 37.6 Å². The third-order valence-corrected chi connectivity index (χ3v) is 6.02. The molecule has 0 spiro atoms. The molecule has 136 valence electrons. The maximum atomic E-state index is 12.7. The summed E-state index contributed by atoms with van der Waals surface area (Å²) < 4.78 is 39.8. The number of nitrogens with zero attached hydrogens (tertiary/aromatic N) is 3. The fourth-order valence-corrected chi connectivity index (χ4v) is 4.59. The molecule has 0 N–H and O–H groups in total. The summed E-state index contributed by atoms with van der Waals surface area (Å²) in [6.45, 7) is 1.45. The number of carbonyl (C=O) groups is 1. The van der Waals surface area contributed by atoms with Crippen LogP contribution < -0.4 is 0 Å². The number of fused-ring (bicyclic) bond motifs is 1. The second kappa shape index (κ2) is 6.62. The number of aromatic nitrogens is 2. The van der Waals surface area contributed by atoms with Crippen molar-refractivity contribution in [2.24, 2.45) is 0 Å². The van der Waals surface area contributed by atoms with Crippen LogP contribution in [0.2, 0.25) is 0 Å². The summed E-state index contributed by atoms with van der Waals surface area (Å²) in [5, 5.41) is 1.78. The van der Waals surface area contributed by atoms with E-state index in [-0.39, 0.29) is 5.91 Å². The summed E-state index contributed by atoms with van der Waals surface area (Å²) in [4.78, 5) is 19.7. The fourth-order valence-electron chi connectivity index (χ4n) is 2.84. The average molecular weight is 397 g/mol. The molecule has 2 aromatic heterocycles. The zero-order chi connectivity index (χ0) is 18.3. The molecule has 0 atom stereocenters. The van der Waals surface area contributed by atoms with Crippen molar-refractivity contribution in [1.82, 2.24) is 14.3 Å². The van der Waals surface area contributed by atoms with E-state index in [1.165, 1.54) is 23.5 Å². The molecule has 1 fully saturated rings. The SMILES string of the molecule is O=C(c1csc2nc(-c3ccc(C(F)(F)F)cc3)cn12)N1CCSCC1. The van der Waals surface area contributed by atoms with Gasteiger partial charge in [0.1, 0.15) is 5.69 Å². The van der Waals surface area contributed by atoms with Gasteiger partial charge < -0.3 is 4.90 Å². The molecule has 0 bridgehead atoms. The lowest BCUT2D eigenvalue weighted by Crippen LogP contribution is -2.38. The molecule has 1 aliphatic heterocycles. The third-order valence-electron chi connectivity index (χ3n) is 4.23. The lowest BCUT2D eigenvalue weighted by atomic mass is 10.1. The smallest absolute Gasteiger partial charge is 0.336 e. The number of hydrogen-bond acceptors (Lipinski definition) is 4. The lowest BCUT2D eigenvalue weighted by Gasteiger charge is -2.25. The molecule has 0 radical (unpaired) electrons. The molecule has 9 heteroatoms. The highest BCUT2D eigenvalue weighted by Crippen LogP contribution is 2.31. The highest BCUT2D eigenvalue weighted by molar-refractivity contribution is 7.99. The van der Waals surface area contributed by atoms with Crippen LogP contribution in [-0.4, -0.2) is 44.8 Å². The van der Waals surface area contributed by atoms with Gasteiger partial charge in [0.05, 0.1) is 11.3 Å². The molecule has 26 heavy (non-hydrogen) atoms. The minimum absolute atomic E-state index is 0.0343. The van der Waals surface area contributed by atoms with Gasteiger partial charge in [0.15, 0.2) is 4.96 Å². The largest absolute Gasteiger partial charge is 0.416 e. The van der Waals surface area contributed by atoms with Gasteiger partial charge in [-0.3, -0.25) is 9.20 Å². The van der Waals surface area contributed by atoms with Crippen molar-refractivity contribution in [2.75, 3.05) is 24.6 Å². The standard InChI is InChI=1S/C17H14F3N3OS2/c18-17(19,20)12-3-1-11(2-4-12)13-9-23-14(10-26-16(23)21-13)15(24)22-5-7-25-8-6-22/h1-4,9-10H,5-8H2. The molecule has 4 rings (SSSR count). The maximum Gasteiger partial charge on any atom is 0.416 e.